The molecule has 0 saturated heterocycles. The zero-order valence-electron chi connectivity index (χ0n) is 11.0. The van der Waals surface area contributed by atoms with E-state index in [0.717, 1.165) is 6.07 Å². The summed E-state index contributed by atoms with van der Waals surface area (Å²) in [6, 6.07) is 11.1. The molecule has 0 aliphatic rings. The van der Waals surface area contributed by atoms with Gasteiger partial charge in [0.05, 0.1) is 10.0 Å². The molecule has 106 valence electrons. The lowest BCUT2D eigenvalue weighted by Crippen LogP contribution is -2.30. The number of aliphatic hydroxyl groups is 1. The molecular weight excluding hydrogens is 326 g/mol. The summed E-state index contributed by atoms with van der Waals surface area (Å²) in [5.41, 5.74) is -1.49. The topological polar surface area (TPSA) is 20.2 Å². The van der Waals surface area contributed by atoms with Gasteiger partial charge in [0, 0.05) is 0 Å². The van der Waals surface area contributed by atoms with Gasteiger partial charge in [0.1, 0.15) is 17.2 Å². The molecule has 0 aliphatic carbocycles. The highest BCUT2D eigenvalue weighted by Gasteiger charge is 2.36. The van der Waals surface area contributed by atoms with Gasteiger partial charge in [-0.15, -0.1) is 0 Å². The first-order valence-electron chi connectivity index (χ1n) is 6.42. The molecule has 0 bridgehead atoms. The fourth-order valence-corrected chi connectivity index (χ4v) is 2.73. The van der Waals surface area contributed by atoms with Gasteiger partial charge in [-0.25, -0.2) is 8.78 Å². The lowest BCUT2D eigenvalue weighted by molar-refractivity contribution is 0.0620. The third kappa shape index (κ3) is 2.63. The molecule has 0 aromatic heterocycles. The highest BCUT2D eigenvalue weighted by atomic mass is 79.9. The van der Waals surface area contributed by atoms with E-state index in [9.17, 15) is 13.9 Å². The number of benzene rings is 2. The van der Waals surface area contributed by atoms with Crippen molar-refractivity contribution in [1.82, 2.24) is 0 Å². The van der Waals surface area contributed by atoms with Gasteiger partial charge in [0.2, 0.25) is 0 Å². The molecule has 0 fully saturated rings. The molecule has 0 aliphatic heterocycles. The Morgan fingerprint density at radius 3 is 2.35 bits per heavy atom. The zero-order valence-corrected chi connectivity index (χ0v) is 12.6. The first-order chi connectivity index (χ1) is 9.50. The van der Waals surface area contributed by atoms with Gasteiger partial charge < -0.3 is 5.11 Å². The van der Waals surface area contributed by atoms with E-state index in [0.29, 0.717) is 12.0 Å². The van der Waals surface area contributed by atoms with Crippen LogP contribution in [0.4, 0.5) is 8.78 Å². The van der Waals surface area contributed by atoms with E-state index in [4.69, 9.17) is 0 Å². The molecular formula is C16H15BrF2O. The summed E-state index contributed by atoms with van der Waals surface area (Å²) < 4.78 is 28.6. The van der Waals surface area contributed by atoms with Crippen molar-refractivity contribution < 1.29 is 13.9 Å². The van der Waals surface area contributed by atoms with Crippen molar-refractivity contribution in [2.24, 2.45) is 0 Å². The molecule has 20 heavy (non-hydrogen) atoms. The van der Waals surface area contributed by atoms with E-state index in [1.807, 2.05) is 6.92 Å². The van der Waals surface area contributed by atoms with Gasteiger partial charge in [0.25, 0.3) is 0 Å². The summed E-state index contributed by atoms with van der Waals surface area (Å²) in [6.45, 7) is 1.86. The highest BCUT2D eigenvalue weighted by molar-refractivity contribution is 9.10. The van der Waals surface area contributed by atoms with Crippen LogP contribution in [0.15, 0.2) is 46.9 Å². The van der Waals surface area contributed by atoms with Crippen molar-refractivity contribution in [1.29, 1.82) is 0 Å². The van der Waals surface area contributed by atoms with Crippen molar-refractivity contribution in [3.05, 3.63) is 69.7 Å². The maximum atomic E-state index is 14.3. The normalized spacial score (nSPS) is 14.1. The standard InChI is InChI=1S/C16H15BrF2O/c1-2-10-16(20,11-6-4-3-5-7-11)14-13(18)9-8-12(17)15(14)19/h3-9,20H,2,10H2,1H3. The van der Waals surface area contributed by atoms with Crippen LogP contribution in [-0.4, -0.2) is 5.11 Å². The molecule has 1 unspecified atom stereocenters. The van der Waals surface area contributed by atoms with Gasteiger partial charge in [-0.05, 0) is 40.0 Å². The molecule has 4 heteroatoms. The van der Waals surface area contributed by atoms with Crippen molar-refractivity contribution in [2.45, 2.75) is 25.4 Å². The monoisotopic (exact) mass is 340 g/mol. The van der Waals surface area contributed by atoms with Crippen LogP contribution in [0.1, 0.15) is 30.9 Å². The van der Waals surface area contributed by atoms with Crippen molar-refractivity contribution in [3.63, 3.8) is 0 Å². The molecule has 2 rings (SSSR count). The zero-order chi connectivity index (χ0) is 14.8. The smallest absolute Gasteiger partial charge is 0.146 e. The van der Waals surface area contributed by atoms with Crippen LogP contribution in [0.5, 0.6) is 0 Å². The van der Waals surface area contributed by atoms with E-state index >= 15 is 0 Å². The fourth-order valence-electron chi connectivity index (χ4n) is 2.40. The molecule has 0 radical (unpaired) electrons. The lowest BCUT2D eigenvalue weighted by atomic mass is 9.82. The van der Waals surface area contributed by atoms with Crippen LogP contribution >= 0.6 is 15.9 Å². The predicted molar refractivity (Wildman–Crippen MR) is 78.4 cm³/mol. The van der Waals surface area contributed by atoms with Crippen LogP contribution in [0.2, 0.25) is 0 Å². The number of halogens is 3. The minimum Gasteiger partial charge on any atom is -0.380 e. The van der Waals surface area contributed by atoms with Gasteiger partial charge in [0.15, 0.2) is 0 Å². The van der Waals surface area contributed by atoms with Crippen LogP contribution in [0.3, 0.4) is 0 Å². The second-order valence-electron chi connectivity index (χ2n) is 4.69. The maximum Gasteiger partial charge on any atom is 0.146 e. The van der Waals surface area contributed by atoms with Gasteiger partial charge in [-0.1, -0.05) is 43.7 Å². The van der Waals surface area contributed by atoms with E-state index in [1.54, 1.807) is 30.3 Å². The van der Waals surface area contributed by atoms with Crippen LogP contribution < -0.4 is 0 Å². The van der Waals surface area contributed by atoms with Gasteiger partial charge in [-0.2, -0.15) is 0 Å². The molecule has 1 N–H and O–H groups in total. The summed E-state index contributed by atoms with van der Waals surface area (Å²) in [7, 11) is 0. The van der Waals surface area contributed by atoms with E-state index in [1.165, 1.54) is 6.07 Å². The Morgan fingerprint density at radius 2 is 1.75 bits per heavy atom. The molecule has 0 heterocycles. The minimum absolute atomic E-state index is 0.138. The largest absolute Gasteiger partial charge is 0.380 e. The minimum atomic E-state index is -1.67. The molecule has 0 amide bonds. The molecule has 0 spiro atoms. The lowest BCUT2D eigenvalue weighted by Gasteiger charge is -2.30. The second kappa shape index (κ2) is 6.02. The summed E-state index contributed by atoms with van der Waals surface area (Å²) in [6.07, 6.45) is 0.831. The SMILES string of the molecule is CCCC(O)(c1ccccc1)c1c(F)ccc(Br)c1F. The molecule has 1 nitrogen and oxygen atoms in total. The maximum absolute atomic E-state index is 14.3. The Morgan fingerprint density at radius 1 is 1.10 bits per heavy atom. The van der Waals surface area contributed by atoms with Crippen molar-refractivity contribution in [3.8, 4) is 0 Å². The average molecular weight is 341 g/mol. The number of hydrogen-bond donors (Lipinski definition) is 1. The Bertz CT molecular complexity index is 601. The highest BCUT2D eigenvalue weighted by Crippen LogP contribution is 2.38. The van der Waals surface area contributed by atoms with E-state index < -0.39 is 17.2 Å². The summed E-state index contributed by atoms with van der Waals surface area (Å²) >= 11 is 3.04. The van der Waals surface area contributed by atoms with Crippen molar-refractivity contribution >= 4 is 15.9 Å². The predicted octanol–water partition coefficient (Wildman–Crippen LogP) is 4.76. The summed E-state index contributed by atoms with van der Waals surface area (Å²) in [4.78, 5) is 0. The summed E-state index contributed by atoms with van der Waals surface area (Å²) in [5, 5.41) is 10.9. The van der Waals surface area contributed by atoms with Crippen LogP contribution in [0, 0.1) is 11.6 Å². The Kier molecular flexibility index (Phi) is 4.55. The van der Waals surface area contributed by atoms with Gasteiger partial charge in [-0.3, -0.25) is 0 Å². The fraction of sp³-hybridized carbons (Fsp3) is 0.250. The third-order valence-electron chi connectivity index (χ3n) is 3.32. The van der Waals surface area contributed by atoms with E-state index in [-0.39, 0.29) is 16.5 Å². The Hall–Kier alpha value is -1.26. The average Bonchev–Trinajstić information content (AvgIpc) is 2.44. The Balaban J connectivity index is 2.69. The first kappa shape index (κ1) is 15.1. The number of hydrogen-bond acceptors (Lipinski definition) is 1. The number of rotatable bonds is 4. The third-order valence-corrected chi connectivity index (χ3v) is 3.93. The molecule has 2 aromatic carbocycles. The summed E-state index contributed by atoms with van der Waals surface area (Å²) in [5.74, 6) is -1.50. The second-order valence-corrected chi connectivity index (χ2v) is 5.55. The van der Waals surface area contributed by atoms with Crippen LogP contribution in [-0.2, 0) is 5.60 Å². The van der Waals surface area contributed by atoms with Crippen molar-refractivity contribution in [2.75, 3.05) is 0 Å². The first-order valence-corrected chi connectivity index (χ1v) is 7.22. The molecule has 0 saturated carbocycles. The molecule has 2 aromatic rings. The van der Waals surface area contributed by atoms with Gasteiger partial charge >= 0.3 is 0 Å². The Labute approximate surface area is 125 Å². The van der Waals surface area contributed by atoms with E-state index in [2.05, 4.69) is 15.9 Å². The molecule has 1 atom stereocenters. The quantitative estimate of drug-likeness (QED) is 0.795. The van der Waals surface area contributed by atoms with Crippen LogP contribution in [0.25, 0.3) is 0 Å².